The van der Waals surface area contributed by atoms with Gasteiger partial charge in [-0.3, -0.25) is 5.32 Å². The molecule has 1 aromatic heterocycles. The summed E-state index contributed by atoms with van der Waals surface area (Å²) in [6.45, 7) is 9.69. The molecule has 1 heterocycles. The van der Waals surface area contributed by atoms with Crippen LogP contribution in [0.5, 0.6) is 0 Å². The second-order valence-corrected chi connectivity index (χ2v) is 7.43. The number of rotatable bonds is 3. The number of halogens is 1. The van der Waals surface area contributed by atoms with Gasteiger partial charge in [0.2, 0.25) is 0 Å². The molecule has 2 aromatic rings. The first-order valence-electron chi connectivity index (χ1n) is 7.38. The largest absolute Gasteiger partial charge is 0.446 e. The zero-order chi connectivity index (χ0) is 17.2. The Bertz CT molecular complexity index is 687. The molecule has 124 valence electrons. The highest BCUT2D eigenvalue weighted by Crippen LogP contribution is 2.32. The number of hydrogen-bond donors (Lipinski definition) is 1. The van der Waals surface area contributed by atoms with Gasteiger partial charge in [0.05, 0.1) is 0 Å². The average molecular weight is 381 g/mol. The van der Waals surface area contributed by atoms with Gasteiger partial charge in [-0.05, 0) is 43.5 Å². The predicted octanol–water partition coefficient (Wildman–Crippen LogP) is 5.40. The Morgan fingerprint density at radius 2 is 1.91 bits per heavy atom. The van der Waals surface area contributed by atoms with Gasteiger partial charge < -0.3 is 9.26 Å². The van der Waals surface area contributed by atoms with Crippen molar-refractivity contribution in [2.24, 2.45) is 5.41 Å². The van der Waals surface area contributed by atoms with Crippen molar-refractivity contribution in [2.75, 3.05) is 5.32 Å². The average Bonchev–Trinajstić information content (AvgIpc) is 2.80. The smallest absolute Gasteiger partial charge is 0.412 e. The van der Waals surface area contributed by atoms with Crippen LogP contribution in [-0.2, 0) is 4.74 Å². The fraction of sp³-hybridized carbons (Fsp3) is 0.412. The molecule has 1 N–H and O–H groups in total. The first-order valence-corrected chi connectivity index (χ1v) is 8.17. The molecular weight excluding hydrogens is 360 g/mol. The number of aryl methyl sites for hydroxylation is 1. The minimum atomic E-state index is -0.517. The van der Waals surface area contributed by atoms with Crippen LogP contribution in [0.4, 0.5) is 10.5 Å². The van der Waals surface area contributed by atoms with Gasteiger partial charge in [-0.1, -0.05) is 41.9 Å². The predicted molar refractivity (Wildman–Crippen MR) is 93.4 cm³/mol. The third kappa shape index (κ3) is 4.34. The van der Waals surface area contributed by atoms with E-state index in [0.717, 1.165) is 10.0 Å². The highest BCUT2D eigenvalue weighted by molar-refractivity contribution is 9.10. The molecule has 0 aliphatic carbocycles. The summed E-state index contributed by atoms with van der Waals surface area (Å²) in [5.74, 6) is 0.510. The van der Waals surface area contributed by atoms with E-state index in [1.165, 1.54) is 0 Å². The maximum Gasteiger partial charge on any atom is 0.412 e. The Balaban J connectivity index is 2.19. The number of benzene rings is 1. The molecule has 0 spiro atoms. The van der Waals surface area contributed by atoms with Crippen LogP contribution in [0.1, 0.15) is 33.4 Å². The Morgan fingerprint density at radius 3 is 2.48 bits per heavy atom. The monoisotopic (exact) mass is 380 g/mol. The number of nitrogens with zero attached hydrogens (tertiary/aromatic N) is 1. The number of carbonyl (C=O) groups excluding carboxylic acids is 1. The number of anilines is 1. The molecule has 0 saturated heterocycles. The van der Waals surface area contributed by atoms with Gasteiger partial charge in [0, 0.05) is 10.0 Å². The number of aromatic nitrogens is 1. The van der Waals surface area contributed by atoms with Gasteiger partial charge in [0.15, 0.2) is 5.76 Å². The van der Waals surface area contributed by atoms with Crippen LogP contribution in [0.25, 0.3) is 11.3 Å². The van der Waals surface area contributed by atoms with E-state index in [4.69, 9.17) is 9.26 Å². The van der Waals surface area contributed by atoms with Crippen LogP contribution in [0.3, 0.4) is 0 Å². The number of amides is 1. The van der Waals surface area contributed by atoms with Crippen molar-refractivity contribution in [1.29, 1.82) is 0 Å². The fourth-order valence-corrected chi connectivity index (χ4v) is 2.05. The molecule has 0 bridgehead atoms. The number of nitrogens with one attached hydrogen (secondary N) is 1. The van der Waals surface area contributed by atoms with Gasteiger partial charge >= 0.3 is 6.09 Å². The van der Waals surface area contributed by atoms with E-state index in [1.807, 2.05) is 52.0 Å². The Morgan fingerprint density at radius 1 is 1.30 bits per heavy atom. The van der Waals surface area contributed by atoms with Crippen molar-refractivity contribution >= 4 is 27.7 Å². The van der Waals surface area contributed by atoms with E-state index in [9.17, 15) is 4.79 Å². The summed E-state index contributed by atoms with van der Waals surface area (Å²) < 4.78 is 11.7. The van der Waals surface area contributed by atoms with Crippen molar-refractivity contribution in [1.82, 2.24) is 5.16 Å². The van der Waals surface area contributed by atoms with E-state index in [-0.39, 0.29) is 11.5 Å². The summed E-state index contributed by atoms with van der Waals surface area (Å²) in [6.07, 6.45) is -0.740. The molecule has 1 aromatic carbocycles. The molecule has 1 unspecified atom stereocenters. The lowest BCUT2D eigenvalue weighted by molar-refractivity contribution is 0.0527. The van der Waals surface area contributed by atoms with E-state index in [1.54, 1.807) is 6.92 Å². The normalized spacial score (nSPS) is 12.8. The molecule has 2 rings (SSSR count). The Hall–Kier alpha value is -1.82. The lowest BCUT2D eigenvalue weighted by Gasteiger charge is -2.26. The quantitative estimate of drug-likeness (QED) is 0.774. The number of hydrogen-bond acceptors (Lipinski definition) is 4. The molecule has 0 radical (unpaired) electrons. The molecule has 0 aliphatic heterocycles. The Kier molecular flexibility index (Phi) is 5.14. The van der Waals surface area contributed by atoms with E-state index in [0.29, 0.717) is 17.1 Å². The fourth-order valence-electron chi connectivity index (χ4n) is 1.78. The van der Waals surface area contributed by atoms with Crippen LogP contribution < -0.4 is 5.32 Å². The van der Waals surface area contributed by atoms with Crippen LogP contribution in [0.2, 0.25) is 0 Å². The first kappa shape index (κ1) is 17.5. The van der Waals surface area contributed by atoms with Gasteiger partial charge in [0.1, 0.15) is 17.5 Å². The molecule has 0 aliphatic rings. The summed E-state index contributed by atoms with van der Waals surface area (Å²) in [6, 6.07) is 7.57. The Labute approximate surface area is 144 Å². The summed E-state index contributed by atoms with van der Waals surface area (Å²) >= 11 is 3.39. The van der Waals surface area contributed by atoms with Gasteiger partial charge in [-0.2, -0.15) is 0 Å². The molecule has 6 heteroatoms. The van der Waals surface area contributed by atoms with Crippen molar-refractivity contribution in [3.05, 3.63) is 34.4 Å². The van der Waals surface area contributed by atoms with E-state index in [2.05, 4.69) is 26.4 Å². The van der Waals surface area contributed by atoms with Gasteiger partial charge in [-0.25, -0.2) is 4.79 Å². The zero-order valence-electron chi connectivity index (χ0n) is 13.9. The lowest BCUT2D eigenvalue weighted by atomic mass is 9.90. The third-order valence-corrected chi connectivity index (χ3v) is 4.23. The highest BCUT2D eigenvalue weighted by Gasteiger charge is 2.25. The second-order valence-electron chi connectivity index (χ2n) is 6.52. The van der Waals surface area contributed by atoms with Crippen LogP contribution in [-0.4, -0.2) is 17.4 Å². The van der Waals surface area contributed by atoms with Crippen LogP contribution >= 0.6 is 15.9 Å². The van der Waals surface area contributed by atoms with E-state index < -0.39 is 6.09 Å². The maximum atomic E-state index is 12.1. The van der Waals surface area contributed by atoms with Gasteiger partial charge in [-0.15, -0.1) is 0 Å². The van der Waals surface area contributed by atoms with Crippen molar-refractivity contribution in [3.8, 4) is 11.3 Å². The molecule has 1 amide bonds. The minimum Gasteiger partial charge on any atom is -0.446 e. The third-order valence-electron chi connectivity index (χ3n) is 3.70. The molecular formula is C17H21BrN2O3. The summed E-state index contributed by atoms with van der Waals surface area (Å²) in [4.78, 5) is 12.1. The van der Waals surface area contributed by atoms with Crippen molar-refractivity contribution in [3.63, 3.8) is 0 Å². The highest BCUT2D eigenvalue weighted by atomic mass is 79.9. The van der Waals surface area contributed by atoms with Gasteiger partial charge in [0.25, 0.3) is 0 Å². The maximum absolute atomic E-state index is 12.1. The second kappa shape index (κ2) is 6.74. The zero-order valence-corrected chi connectivity index (χ0v) is 15.5. The minimum absolute atomic E-state index is 0.129. The molecule has 5 nitrogen and oxygen atoms in total. The summed E-state index contributed by atoms with van der Waals surface area (Å²) in [7, 11) is 0. The molecule has 0 fully saturated rings. The SMILES string of the molecule is Cc1noc(-c2ccc(Br)cc2)c1NC(=O)OC(C)C(C)(C)C. The standard InChI is InChI=1S/C17H21BrN2O3/c1-10-14(19-16(21)22-11(2)17(3,4)5)15(23-20-10)12-6-8-13(18)9-7-12/h6-9,11H,1-5H3,(H,19,21). The first-order chi connectivity index (χ1) is 10.7. The van der Waals surface area contributed by atoms with E-state index >= 15 is 0 Å². The van der Waals surface area contributed by atoms with Crippen molar-refractivity contribution in [2.45, 2.75) is 40.7 Å². The lowest BCUT2D eigenvalue weighted by Crippen LogP contribution is -2.30. The van der Waals surface area contributed by atoms with Crippen molar-refractivity contribution < 1.29 is 14.1 Å². The molecule has 0 saturated carbocycles. The number of carbonyl (C=O) groups is 1. The van der Waals surface area contributed by atoms with Crippen LogP contribution in [0.15, 0.2) is 33.3 Å². The summed E-state index contributed by atoms with van der Waals surface area (Å²) in [5.41, 5.74) is 1.82. The topological polar surface area (TPSA) is 64.4 Å². The molecule has 23 heavy (non-hydrogen) atoms. The summed E-state index contributed by atoms with van der Waals surface area (Å²) in [5, 5.41) is 6.69. The van der Waals surface area contributed by atoms with Crippen LogP contribution in [0, 0.1) is 12.3 Å². The number of ether oxygens (including phenoxy) is 1. The molecule has 1 atom stereocenters.